The average molecular weight is 273 g/mol. The molecule has 0 fully saturated rings. The fourth-order valence-electron chi connectivity index (χ4n) is 1.72. The van der Waals surface area contributed by atoms with Gasteiger partial charge >= 0.3 is 5.97 Å². The van der Waals surface area contributed by atoms with Crippen molar-refractivity contribution in [2.45, 2.75) is 22.3 Å². The Morgan fingerprint density at radius 2 is 1.68 bits per heavy atom. The lowest BCUT2D eigenvalue weighted by Gasteiger charge is -2.22. The molecule has 2 aromatic carbocycles. The van der Waals surface area contributed by atoms with Gasteiger partial charge in [0.2, 0.25) is 0 Å². The third-order valence-corrected chi connectivity index (χ3v) is 3.95. The lowest BCUT2D eigenvalue weighted by molar-refractivity contribution is -0.143. The molecular weight excluding hydrogens is 258 g/mol. The number of benzene rings is 2. The molecule has 0 spiro atoms. The normalized spacial score (nSPS) is 13.8. The second kappa shape index (κ2) is 5.47. The predicted molar refractivity (Wildman–Crippen MR) is 76.2 cm³/mol. The van der Waals surface area contributed by atoms with E-state index in [1.165, 1.54) is 18.7 Å². The van der Waals surface area contributed by atoms with Crippen LogP contribution in [0.2, 0.25) is 0 Å². The molecule has 1 atom stereocenters. The first-order valence-corrected chi connectivity index (χ1v) is 6.68. The smallest absolute Gasteiger partial charge is 0.328 e. The molecular formula is C15H15NO2S. The van der Waals surface area contributed by atoms with Gasteiger partial charge in [0, 0.05) is 9.79 Å². The fraction of sp³-hybridized carbons (Fsp3) is 0.133. The summed E-state index contributed by atoms with van der Waals surface area (Å²) in [6, 6.07) is 17.1. The highest BCUT2D eigenvalue weighted by Crippen LogP contribution is 2.34. The van der Waals surface area contributed by atoms with Crippen LogP contribution in [0.4, 0.5) is 0 Å². The summed E-state index contributed by atoms with van der Waals surface area (Å²) in [6.45, 7) is 1.51. The molecule has 4 heteroatoms. The van der Waals surface area contributed by atoms with E-state index in [4.69, 9.17) is 5.73 Å². The van der Waals surface area contributed by atoms with Crippen LogP contribution in [0, 0.1) is 0 Å². The number of hydrogen-bond acceptors (Lipinski definition) is 3. The van der Waals surface area contributed by atoms with E-state index in [1.807, 2.05) is 42.5 Å². The summed E-state index contributed by atoms with van der Waals surface area (Å²) in [5.74, 6) is -1.03. The molecule has 0 saturated heterocycles. The second-order valence-corrected chi connectivity index (χ2v) is 5.53. The van der Waals surface area contributed by atoms with Crippen LogP contribution in [0.5, 0.6) is 0 Å². The van der Waals surface area contributed by atoms with Gasteiger partial charge < -0.3 is 10.8 Å². The highest BCUT2D eigenvalue weighted by atomic mass is 32.2. The molecule has 0 saturated carbocycles. The third-order valence-electron chi connectivity index (χ3n) is 2.86. The lowest BCUT2D eigenvalue weighted by atomic mass is 9.93. The van der Waals surface area contributed by atoms with Crippen molar-refractivity contribution in [3.05, 3.63) is 60.2 Å². The first-order valence-electron chi connectivity index (χ1n) is 5.86. The van der Waals surface area contributed by atoms with Gasteiger partial charge in [0.1, 0.15) is 5.54 Å². The Balaban J connectivity index is 2.40. The van der Waals surface area contributed by atoms with Crippen LogP contribution < -0.4 is 5.73 Å². The van der Waals surface area contributed by atoms with E-state index in [-0.39, 0.29) is 0 Å². The molecule has 1 unspecified atom stereocenters. The molecule has 2 aromatic rings. The lowest BCUT2D eigenvalue weighted by Crippen LogP contribution is -2.42. The van der Waals surface area contributed by atoms with Gasteiger partial charge in [-0.05, 0) is 30.7 Å². The van der Waals surface area contributed by atoms with Crippen molar-refractivity contribution >= 4 is 17.7 Å². The molecule has 2 rings (SSSR count). The third kappa shape index (κ3) is 2.97. The van der Waals surface area contributed by atoms with Gasteiger partial charge in [0.05, 0.1) is 0 Å². The van der Waals surface area contributed by atoms with Crippen molar-refractivity contribution in [1.29, 1.82) is 0 Å². The van der Waals surface area contributed by atoms with Gasteiger partial charge in [0.15, 0.2) is 0 Å². The quantitative estimate of drug-likeness (QED) is 0.898. The van der Waals surface area contributed by atoms with Gasteiger partial charge in [-0.2, -0.15) is 0 Å². The maximum atomic E-state index is 11.3. The highest BCUT2D eigenvalue weighted by molar-refractivity contribution is 7.99. The van der Waals surface area contributed by atoms with E-state index >= 15 is 0 Å². The van der Waals surface area contributed by atoms with Crippen molar-refractivity contribution in [2.24, 2.45) is 5.73 Å². The van der Waals surface area contributed by atoms with Crippen molar-refractivity contribution in [1.82, 2.24) is 0 Å². The van der Waals surface area contributed by atoms with Crippen molar-refractivity contribution < 1.29 is 9.90 Å². The molecule has 3 N–H and O–H groups in total. The van der Waals surface area contributed by atoms with Gasteiger partial charge in [0.25, 0.3) is 0 Å². The molecule has 0 aliphatic rings. The van der Waals surface area contributed by atoms with E-state index in [9.17, 15) is 9.90 Å². The number of nitrogens with two attached hydrogens (primary N) is 1. The van der Waals surface area contributed by atoms with Crippen molar-refractivity contribution in [3.63, 3.8) is 0 Å². The Hall–Kier alpha value is -1.78. The topological polar surface area (TPSA) is 63.3 Å². The zero-order valence-corrected chi connectivity index (χ0v) is 11.4. The second-order valence-electron chi connectivity index (χ2n) is 4.42. The van der Waals surface area contributed by atoms with E-state index in [0.717, 1.165) is 9.79 Å². The summed E-state index contributed by atoms with van der Waals surface area (Å²) >= 11 is 1.52. The molecule has 3 nitrogen and oxygen atoms in total. The van der Waals surface area contributed by atoms with E-state index in [2.05, 4.69) is 0 Å². The number of hydrogen-bond donors (Lipinski definition) is 2. The van der Waals surface area contributed by atoms with Crippen LogP contribution in [0.25, 0.3) is 0 Å². The van der Waals surface area contributed by atoms with Gasteiger partial charge in [-0.15, -0.1) is 0 Å². The Kier molecular flexibility index (Phi) is 3.93. The number of carboxylic acid groups (broad SMARTS) is 1. The van der Waals surface area contributed by atoms with E-state index in [0.29, 0.717) is 5.56 Å². The predicted octanol–water partition coefficient (Wildman–Crippen LogP) is 3.10. The van der Waals surface area contributed by atoms with E-state index < -0.39 is 11.5 Å². The van der Waals surface area contributed by atoms with Crippen LogP contribution in [-0.2, 0) is 10.3 Å². The minimum absolute atomic E-state index is 0.622. The van der Waals surface area contributed by atoms with Gasteiger partial charge in [-0.25, -0.2) is 4.79 Å². The summed E-state index contributed by atoms with van der Waals surface area (Å²) < 4.78 is 0. The Labute approximate surface area is 116 Å². The molecule has 0 amide bonds. The minimum Gasteiger partial charge on any atom is -0.480 e. The number of aliphatic carboxylic acids is 1. The maximum absolute atomic E-state index is 11.3. The summed E-state index contributed by atoms with van der Waals surface area (Å²) in [7, 11) is 0. The Bertz CT molecular complexity index is 582. The fourth-order valence-corrected chi connectivity index (χ4v) is 2.80. The van der Waals surface area contributed by atoms with Gasteiger partial charge in [-0.1, -0.05) is 48.2 Å². The first kappa shape index (κ1) is 13.6. The van der Waals surface area contributed by atoms with Crippen LogP contribution in [0.3, 0.4) is 0 Å². The molecule has 0 bridgehead atoms. The summed E-state index contributed by atoms with van der Waals surface area (Å²) in [5.41, 5.74) is 5.15. The monoisotopic (exact) mass is 273 g/mol. The molecule has 0 aliphatic carbocycles. The summed E-state index contributed by atoms with van der Waals surface area (Å²) in [5, 5.41) is 9.25. The maximum Gasteiger partial charge on any atom is 0.328 e. The number of carboxylic acids is 1. The molecule has 0 aliphatic heterocycles. The molecule has 0 heterocycles. The van der Waals surface area contributed by atoms with Crippen LogP contribution in [0.1, 0.15) is 12.5 Å². The largest absolute Gasteiger partial charge is 0.480 e. The van der Waals surface area contributed by atoms with Crippen molar-refractivity contribution in [3.8, 4) is 0 Å². The Morgan fingerprint density at radius 3 is 2.32 bits per heavy atom. The molecule has 19 heavy (non-hydrogen) atoms. The zero-order chi connectivity index (χ0) is 13.9. The standard InChI is InChI=1S/C15H15NO2S/c1-15(16,14(17)18)12-9-5-6-10-13(12)19-11-7-3-2-4-8-11/h2-10H,16H2,1H3,(H,17,18). The average Bonchev–Trinajstić information content (AvgIpc) is 2.40. The Morgan fingerprint density at radius 1 is 1.11 bits per heavy atom. The van der Waals surface area contributed by atoms with E-state index in [1.54, 1.807) is 12.1 Å². The first-order chi connectivity index (χ1) is 9.01. The highest BCUT2D eigenvalue weighted by Gasteiger charge is 2.32. The van der Waals surface area contributed by atoms with Crippen LogP contribution in [0.15, 0.2) is 64.4 Å². The minimum atomic E-state index is -1.39. The summed E-state index contributed by atoms with van der Waals surface area (Å²) in [6.07, 6.45) is 0. The summed E-state index contributed by atoms with van der Waals surface area (Å²) in [4.78, 5) is 13.2. The van der Waals surface area contributed by atoms with Crippen LogP contribution in [-0.4, -0.2) is 11.1 Å². The molecule has 0 aromatic heterocycles. The van der Waals surface area contributed by atoms with Crippen molar-refractivity contribution in [2.75, 3.05) is 0 Å². The number of rotatable bonds is 4. The number of carbonyl (C=O) groups is 1. The SMILES string of the molecule is CC(N)(C(=O)O)c1ccccc1Sc1ccccc1. The van der Waals surface area contributed by atoms with Crippen LogP contribution >= 0.6 is 11.8 Å². The van der Waals surface area contributed by atoms with Gasteiger partial charge in [-0.3, -0.25) is 0 Å². The molecule has 98 valence electrons. The zero-order valence-electron chi connectivity index (χ0n) is 10.5. The molecule has 0 radical (unpaired) electrons.